The fourth-order valence-corrected chi connectivity index (χ4v) is 11.2. The number of nitrogens with one attached hydrogen (secondary N) is 1. The Morgan fingerprint density at radius 1 is 0.875 bits per heavy atom. The molecule has 0 radical (unpaired) electrons. The van der Waals surface area contributed by atoms with Crippen LogP contribution in [0.2, 0.25) is 0 Å². The highest BCUT2D eigenvalue weighted by Gasteiger charge is 2.65. The molecule has 14 nitrogen and oxygen atoms in total. The number of aliphatic hydroxyl groups is 2. The second-order valence-corrected chi connectivity index (χ2v) is 19.5. The van der Waals surface area contributed by atoms with Crippen LogP contribution < -0.4 is 24.3 Å². The number of amides is 2. The van der Waals surface area contributed by atoms with Crippen molar-refractivity contribution < 1.29 is 48.3 Å². The second kappa shape index (κ2) is 27.3. The van der Waals surface area contributed by atoms with Crippen LogP contribution >= 0.6 is 0 Å². The zero-order valence-electron chi connectivity index (χ0n) is 42.5. The molecule has 0 bridgehead atoms. The molecule has 1 saturated carbocycles. The number of carbonyl (C=O) groups is 2. The number of hydrogen-bond acceptors (Lipinski definition) is 12. The molecule has 3 N–H and O–H groups in total. The van der Waals surface area contributed by atoms with Crippen LogP contribution in [-0.2, 0) is 16.1 Å². The van der Waals surface area contributed by atoms with Crippen molar-refractivity contribution in [3.63, 3.8) is 0 Å². The average molecular weight is 989 g/mol. The molecule has 2 heterocycles. The molecule has 4 aliphatic rings. The number of oxime groups is 1. The zero-order valence-corrected chi connectivity index (χ0v) is 42.5. The third kappa shape index (κ3) is 13.2. The van der Waals surface area contributed by atoms with E-state index in [0.29, 0.717) is 65.8 Å². The number of benzene rings is 3. The van der Waals surface area contributed by atoms with Gasteiger partial charge in [-0.15, -0.1) is 6.58 Å². The van der Waals surface area contributed by atoms with E-state index in [1.165, 1.54) is 44.9 Å². The van der Waals surface area contributed by atoms with E-state index in [4.69, 9.17) is 33.7 Å². The van der Waals surface area contributed by atoms with E-state index < -0.39 is 23.8 Å². The number of rotatable bonds is 29. The van der Waals surface area contributed by atoms with Crippen LogP contribution in [0.5, 0.6) is 23.0 Å². The van der Waals surface area contributed by atoms with Gasteiger partial charge in [0.05, 0.1) is 29.9 Å². The van der Waals surface area contributed by atoms with Gasteiger partial charge in [0.25, 0.3) is 5.91 Å². The van der Waals surface area contributed by atoms with Crippen LogP contribution in [0.25, 0.3) is 0 Å². The van der Waals surface area contributed by atoms with E-state index in [-0.39, 0.29) is 63.2 Å². The number of nitriles is 1. The molecule has 7 rings (SSSR count). The average Bonchev–Trinajstić information content (AvgIpc) is 3.87. The topological polar surface area (TPSA) is 181 Å². The Balaban J connectivity index is 1.30. The lowest BCUT2D eigenvalue weighted by molar-refractivity contribution is -0.255. The van der Waals surface area contributed by atoms with E-state index >= 15 is 4.79 Å². The standard InChI is InChI=1S/C58H76N4O10/c1-4-7-8-9-10-11-12-13-14-17-30-60-57(66)71-45-27-29-50-48(36-45)54-46(21-16-19-32-64)44(20-15-18-31-63)35-47-49(61-70-6-3)37-53(58(72-50,55(47)54)69-33-5-2)62(56(65)43-25-22-41(38-59)23-26-43)39-42-24-28-51-52(34-42)68-40-67-51/h5,22-29,34-36,44,46,53-55,63-64H,2,4,6-21,30-33,37,39-40H2,1,3H3,(H,60,66). The summed E-state index contributed by atoms with van der Waals surface area (Å²) in [5.41, 5.74) is 3.95. The first-order chi connectivity index (χ1) is 35.3. The lowest BCUT2D eigenvalue weighted by atomic mass is 9.55. The monoisotopic (exact) mass is 989 g/mol. The molecule has 0 aromatic heterocycles. The summed E-state index contributed by atoms with van der Waals surface area (Å²) in [7, 11) is 0. The van der Waals surface area contributed by atoms with Crippen LogP contribution in [0.4, 0.5) is 4.79 Å². The first kappa shape index (κ1) is 53.9. The fourth-order valence-electron chi connectivity index (χ4n) is 11.2. The third-order valence-electron chi connectivity index (χ3n) is 14.6. The maximum Gasteiger partial charge on any atom is 0.412 e. The van der Waals surface area contributed by atoms with E-state index in [2.05, 4.69) is 31.0 Å². The molecule has 6 unspecified atom stereocenters. The normalized spacial score (nSPS) is 21.9. The van der Waals surface area contributed by atoms with Crippen molar-refractivity contribution >= 4 is 17.7 Å². The predicted molar refractivity (Wildman–Crippen MR) is 276 cm³/mol. The van der Waals surface area contributed by atoms with Gasteiger partial charge in [0, 0.05) is 49.8 Å². The molecule has 6 atom stereocenters. The smallest absolute Gasteiger partial charge is 0.412 e. The lowest BCUT2D eigenvalue weighted by Crippen LogP contribution is -2.70. The number of ether oxygens (including phenoxy) is 5. The number of allylic oxidation sites excluding steroid dienone is 1. The number of hydrogen-bond donors (Lipinski definition) is 3. The van der Waals surface area contributed by atoms with Crippen LogP contribution in [0, 0.1) is 29.1 Å². The summed E-state index contributed by atoms with van der Waals surface area (Å²) < 4.78 is 32.1. The number of aliphatic hydroxyl groups excluding tert-OH is 2. The zero-order chi connectivity index (χ0) is 50.7. The van der Waals surface area contributed by atoms with Crippen molar-refractivity contribution in [1.82, 2.24) is 10.2 Å². The molecule has 2 aliphatic carbocycles. The Kier molecular flexibility index (Phi) is 20.4. The number of fused-ring (bicyclic) bond motifs is 3. The van der Waals surface area contributed by atoms with Gasteiger partial charge < -0.3 is 49.0 Å². The molecule has 1 fully saturated rings. The van der Waals surface area contributed by atoms with Gasteiger partial charge in [0.15, 0.2) is 11.5 Å². The van der Waals surface area contributed by atoms with Crippen molar-refractivity contribution in [1.29, 1.82) is 5.26 Å². The van der Waals surface area contributed by atoms with Crippen molar-refractivity contribution in [2.45, 2.75) is 147 Å². The Labute approximate surface area is 426 Å². The minimum absolute atomic E-state index is 0.0110. The minimum Gasteiger partial charge on any atom is -0.459 e. The summed E-state index contributed by atoms with van der Waals surface area (Å²) in [6.07, 6.45) is 19.9. The van der Waals surface area contributed by atoms with Gasteiger partial charge in [-0.2, -0.15) is 5.26 Å². The van der Waals surface area contributed by atoms with E-state index in [1.807, 2.05) is 37.3 Å². The largest absolute Gasteiger partial charge is 0.459 e. The summed E-state index contributed by atoms with van der Waals surface area (Å²) in [5.74, 6) is -0.710. The minimum atomic E-state index is -1.54. The van der Waals surface area contributed by atoms with Crippen molar-refractivity contribution in [2.75, 3.05) is 39.8 Å². The highest BCUT2D eigenvalue weighted by molar-refractivity contribution is 6.03. The summed E-state index contributed by atoms with van der Waals surface area (Å²) in [5, 5.41) is 37.5. The molecule has 388 valence electrons. The number of nitrogens with zero attached hydrogens (tertiary/aromatic N) is 3. The Bertz CT molecular complexity index is 2360. The summed E-state index contributed by atoms with van der Waals surface area (Å²) >= 11 is 0. The molecule has 0 saturated heterocycles. The maximum atomic E-state index is 15.4. The number of carbonyl (C=O) groups excluding carboxylic acids is 2. The Hall–Kier alpha value is -5.88. The SMILES string of the molecule is C=CCOC12Oc3ccc(OC(=O)NCCCCCCCCCCCC)cc3C3C(CCCCO)C(CCCCO)C=C(C(=NOCC)CC1N(Cc1ccc4c(c1)OCO4)C(=O)c1ccc(C#N)cc1)C32. The van der Waals surface area contributed by atoms with Gasteiger partial charge in [-0.25, -0.2) is 4.79 Å². The lowest BCUT2D eigenvalue weighted by Gasteiger charge is -2.60. The van der Waals surface area contributed by atoms with E-state index in [0.717, 1.165) is 61.6 Å². The first-order valence-corrected chi connectivity index (χ1v) is 26.6. The van der Waals surface area contributed by atoms with Gasteiger partial charge in [-0.05, 0) is 117 Å². The summed E-state index contributed by atoms with van der Waals surface area (Å²) in [4.78, 5) is 36.6. The Morgan fingerprint density at radius 3 is 2.29 bits per heavy atom. The van der Waals surface area contributed by atoms with Crippen LogP contribution in [0.3, 0.4) is 0 Å². The molecular weight excluding hydrogens is 913 g/mol. The molecule has 3 aromatic carbocycles. The van der Waals surface area contributed by atoms with E-state index in [9.17, 15) is 20.3 Å². The molecule has 3 aromatic rings. The van der Waals surface area contributed by atoms with Crippen molar-refractivity contribution in [2.24, 2.45) is 22.9 Å². The summed E-state index contributed by atoms with van der Waals surface area (Å²) in [6.45, 7) is 9.42. The van der Waals surface area contributed by atoms with Gasteiger partial charge >= 0.3 is 6.09 Å². The van der Waals surface area contributed by atoms with E-state index in [1.54, 1.807) is 41.3 Å². The van der Waals surface area contributed by atoms with Gasteiger partial charge in [0.2, 0.25) is 12.6 Å². The molecule has 2 amide bonds. The predicted octanol–water partition coefficient (Wildman–Crippen LogP) is 11.3. The molecular formula is C58H76N4O10. The van der Waals surface area contributed by atoms with Crippen LogP contribution in [0.1, 0.15) is 156 Å². The molecule has 2 aliphatic heterocycles. The van der Waals surface area contributed by atoms with Gasteiger partial charge in [-0.1, -0.05) is 101 Å². The molecule has 72 heavy (non-hydrogen) atoms. The number of unbranched alkanes of at least 4 members (excludes halogenated alkanes) is 11. The van der Waals surface area contributed by atoms with Crippen molar-refractivity contribution in [3.05, 3.63) is 107 Å². The quantitative estimate of drug-likeness (QED) is 0.0342. The summed E-state index contributed by atoms with van der Waals surface area (Å²) in [6, 6.07) is 19.1. The van der Waals surface area contributed by atoms with Crippen LogP contribution in [0.15, 0.2) is 90.1 Å². The second-order valence-electron chi connectivity index (χ2n) is 19.5. The van der Waals surface area contributed by atoms with Gasteiger partial charge in [0.1, 0.15) is 24.1 Å². The third-order valence-corrected chi connectivity index (χ3v) is 14.6. The maximum absolute atomic E-state index is 15.4. The van der Waals surface area contributed by atoms with Gasteiger partial charge in [-0.3, -0.25) is 4.79 Å². The highest BCUT2D eigenvalue weighted by Crippen LogP contribution is 2.62. The van der Waals surface area contributed by atoms with Crippen LogP contribution in [-0.4, -0.2) is 84.4 Å². The Morgan fingerprint density at radius 2 is 1.58 bits per heavy atom. The van der Waals surface area contributed by atoms with Crippen molar-refractivity contribution in [3.8, 4) is 29.1 Å². The highest BCUT2D eigenvalue weighted by atomic mass is 16.7. The first-order valence-electron chi connectivity index (χ1n) is 26.6. The molecule has 14 heteroatoms. The fraction of sp³-hybridized carbons (Fsp3) is 0.552. The molecule has 0 spiro atoms.